The summed E-state index contributed by atoms with van der Waals surface area (Å²) in [4.78, 5) is 13.9. The molecule has 0 saturated heterocycles. The van der Waals surface area contributed by atoms with Gasteiger partial charge in [0.15, 0.2) is 5.78 Å². The van der Waals surface area contributed by atoms with Gasteiger partial charge in [0, 0.05) is 39.4 Å². The molecule has 5 heteroatoms. The van der Waals surface area contributed by atoms with Crippen molar-refractivity contribution in [3.63, 3.8) is 0 Å². The Morgan fingerprint density at radius 3 is 2.50 bits per heavy atom. The molecule has 0 spiro atoms. The Morgan fingerprint density at radius 2 is 1.65 bits per heavy atom. The maximum atomic E-state index is 13.9. The fraction of sp³-hybridized carbons (Fsp3) is 0.140. The summed E-state index contributed by atoms with van der Waals surface area (Å²) in [6, 6.07) is 32.3. The average Bonchev–Trinajstić information content (AvgIpc) is 3.35. The van der Waals surface area contributed by atoms with Gasteiger partial charge in [-0.15, -0.1) is 0 Å². The molecule has 48 heavy (non-hydrogen) atoms. The van der Waals surface area contributed by atoms with Gasteiger partial charge in [-0.1, -0.05) is 84.4 Å². The minimum Gasteiger partial charge on any atom is -0.384 e. The van der Waals surface area contributed by atoms with E-state index in [9.17, 15) is 9.90 Å². The highest BCUT2D eigenvalue weighted by Crippen LogP contribution is 2.30. The third-order valence-corrected chi connectivity index (χ3v) is 9.68. The highest BCUT2D eigenvalue weighted by Gasteiger charge is 2.24. The largest absolute Gasteiger partial charge is 0.384 e. The third kappa shape index (κ3) is 6.13. The number of hydrogen-bond donors (Lipinski definition) is 3. The summed E-state index contributed by atoms with van der Waals surface area (Å²) in [6.07, 6.45) is 11.6. The Hall–Kier alpha value is -5.16. The number of allylic oxidation sites excluding steroid dienone is 2. The summed E-state index contributed by atoms with van der Waals surface area (Å²) in [5.74, 6) is 0.0681. The van der Waals surface area contributed by atoms with Crippen LogP contribution in [0.25, 0.3) is 17.7 Å². The van der Waals surface area contributed by atoms with Gasteiger partial charge in [0.2, 0.25) is 0 Å². The molecule has 3 N–H and O–H groups in total. The lowest BCUT2D eigenvalue weighted by Gasteiger charge is -2.23. The summed E-state index contributed by atoms with van der Waals surface area (Å²) in [6.45, 7) is 4.07. The minimum atomic E-state index is -0.750. The van der Waals surface area contributed by atoms with Crippen LogP contribution >= 0.6 is 11.6 Å². The number of carbonyl (C=O) groups is 1. The zero-order chi connectivity index (χ0) is 33.2. The van der Waals surface area contributed by atoms with Crippen molar-refractivity contribution in [2.24, 2.45) is 0 Å². The number of anilines is 3. The highest BCUT2D eigenvalue weighted by atomic mass is 35.5. The van der Waals surface area contributed by atoms with Gasteiger partial charge in [-0.3, -0.25) is 4.79 Å². The molecule has 0 fully saturated rings. The Bertz CT molecular complexity index is 2360. The van der Waals surface area contributed by atoms with Crippen LogP contribution in [-0.4, -0.2) is 10.9 Å². The SMILES string of the molecule is C1=CNc2ccccc2C=C1.Cc1ccccc1Nc1ccc(C(=O)C2=c3ccc4c(c3CCC2)C(O)C=c2c(Cl)cccc2=4)c(C)c1. The molecular weight excluding hydrogens is 612 g/mol. The molecule has 0 amide bonds. The molecular formula is C43H37ClN2O2. The van der Waals surface area contributed by atoms with E-state index in [-0.39, 0.29) is 5.78 Å². The van der Waals surface area contributed by atoms with Gasteiger partial charge < -0.3 is 15.7 Å². The van der Waals surface area contributed by atoms with Gasteiger partial charge in [0.05, 0.1) is 6.10 Å². The molecule has 1 aliphatic heterocycles. The Labute approximate surface area is 285 Å². The number of para-hydroxylation sites is 2. The number of carbonyl (C=O) groups excluding carboxylic acids is 1. The smallest absolute Gasteiger partial charge is 0.189 e. The van der Waals surface area contributed by atoms with E-state index in [1.165, 1.54) is 11.1 Å². The van der Waals surface area contributed by atoms with Crippen molar-refractivity contribution >= 4 is 52.2 Å². The topological polar surface area (TPSA) is 61.4 Å². The van der Waals surface area contributed by atoms with Crippen molar-refractivity contribution in [2.45, 2.75) is 39.2 Å². The van der Waals surface area contributed by atoms with Crippen LogP contribution in [0.5, 0.6) is 0 Å². The van der Waals surface area contributed by atoms with E-state index in [2.05, 4.69) is 54.0 Å². The lowest BCUT2D eigenvalue weighted by molar-refractivity contribution is 0.105. The van der Waals surface area contributed by atoms with Crippen LogP contribution in [0, 0.1) is 24.3 Å². The number of Topliss-reactive ketones (excluding diaryl/α,β-unsaturated/α-hetero) is 1. The Kier molecular flexibility index (Phi) is 8.86. The number of rotatable bonds is 4. The number of aliphatic hydroxyl groups excluding tert-OH is 1. The maximum Gasteiger partial charge on any atom is 0.189 e. The standard InChI is InChI=1S/C33H28ClNO2.C10H9N/c1-19-7-3-4-12-30(19)35-21-13-14-22(20(2)17-21)33(37)27-10-5-9-25-24(27)15-16-26-23-8-6-11-29(34)28(23)18-31(36)32(25)26;1-2-7-10-9(5-1)6-3-4-8-11-10/h3-4,6-8,11-18,31,35-36H,5,9-10H2,1-2H3;1-8,11H. The molecule has 0 bridgehead atoms. The molecule has 1 heterocycles. The second kappa shape index (κ2) is 13.5. The molecule has 5 aromatic carbocycles. The monoisotopic (exact) mass is 648 g/mol. The van der Waals surface area contributed by atoms with Crippen molar-refractivity contribution in [2.75, 3.05) is 10.6 Å². The molecule has 0 radical (unpaired) electrons. The van der Waals surface area contributed by atoms with Crippen molar-refractivity contribution in [1.82, 2.24) is 0 Å². The first kappa shape index (κ1) is 31.4. The van der Waals surface area contributed by atoms with Crippen LogP contribution in [0.4, 0.5) is 17.1 Å². The number of aryl methyl sites for hydroxylation is 2. The lowest BCUT2D eigenvalue weighted by Crippen LogP contribution is -2.27. The normalized spacial score (nSPS) is 15.2. The van der Waals surface area contributed by atoms with Crippen molar-refractivity contribution in [1.29, 1.82) is 0 Å². The number of aliphatic hydroxyl groups is 1. The number of hydrogen-bond acceptors (Lipinski definition) is 4. The van der Waals surface area contributed by atoms with E-state index in [4.69, 9.17) is 11.6 Å². The number of ketones is 1. The summed E-state index contributed by atoms with van der Waals surface area (Å²) in [5.41, 5.74) is 10.1. The van der Waals surface area contributed by atoms with Gasteiger partial charge in [-0.05, 0) is 130 Å². The first-order chi connectivity index (χ1) is 23.4. The number of benzene rings is 5. The number of nitrogens with one attached hydrogen (secondary N) is 2. The fourth-order valence-corrected chi connectivity index (χ4v) is 7.18. The van der Waals surface area contributed by atoms with Crippen molar-refractivity contribution in [3.05, 3.63) is 175 Å². The van der Waals surface area contributed by atoms with E-state index in [0.717, 1.165) is 85.0 Å². The lowest BCUT2D eigenvalue weighted by atomic mass is 9.82. The first-order valence-electron chi connectivity index (χ1n) is 16.4. The quantitative estimate of drug-likeness (QED) is 0.171. The van der Waals surface area contributed by atoms with Gasteiger partial charge >= 0.3 is 0 Å². The van der Waals surface area contributed by atoms with E-state index >= 15 is 0 Å². The molecule has 3 aliphatic rings. The molecule has 8 rings (SSSR count). The predicted octanol–water partition coefficient (Wildman–Crippen LogP) is 8.82. The first-order valence-corrected chi connectivity index (χ1v) is 16.8. The average molecular weight is 649 g/mol. The number of fused-ring (bicyclic) bond motifs is 5. The van der Waals surface area contributed by atoms with Gasteiger partial charge in [-0.2, -0.15) is 0 Å². The van der Waals surface area contributed by atoms with Crippen molar-refractivity contribution < 1.29 is 9.90 Å². The number of halogens is 1. The van der Waals surface area contributed by atoms with Gasteiger partial charge in [-0.25, -0.2) is 0 Å². The van der Waals surface area contributed by atoms with Gasteiger partial charge in [0.25, 0.3) is 0 Å². The van der Waals surface area contributed by atoms with Crippen LogP contribution in [0.1, 0.15) is 57.1 Å². The predicted molar refractivity (Wildman–Crippen MR) is 199 cm³/mol. The van der Waals surface area contributed by atoms with Crippen molar-refractivity contribution in [3.8, 4) is 0 Å². The van der Waals surface area contributed by atoms with E-state index < -0.39 is 6.10 Å². The Balaban J connectivity index is 0.000000280. The molecule has 1 unspecified atom stereocenters. The molecule has 0 saturated carbocycles. The van der Waals surface area contributed by atoms with Crippen LogP contribution in [0.2, 0.25) is 5.02 Å². The second-order valence-electron chi connectivity index (χ2n) is 12.4. The Morgan fingerprint density at radius 1 is 0.833 bits per heavy atom. The zero-order valence-electron chi connectivity index (χ0n) is 27.1. The van der Waals surface area contributed by atoms with Gasteiger partial charge in [0.1, 0.15) is 0 Å². The molecule has 2 aliphatic carbocycles. The minimum absolute atomic E-state index is 0.0681. The summed E-state index contributed by atoms with van der Waals surface area (Å²) < 4.78 is 0. The van der Waals surface area contributed by atoms with E-state index in [1.54, 1.807) is 0 Å². The maximum absolute atomic E-state index is 13.9. The zero-order valence-corrected chi connectivity index (χ0v) is 27.8. The molecule has 5 aromatic rings. The summed E-state index contributed by atoms with van der Waals surface area (Å²) in [7, 11) is 0. The third-order valence-electron chi connectivity index (χ3n) is 9.35. The van der Waals surface area contributed by atoms with Crippen LogP contribution < -0.4 is 21.1 Å². The highest BCUT2D eigenvalue weighted by molar-refractivity contribution is 6.30. The molecule has 0 aromatic heterocycles. The van der Waals surface area contributed by atoms with E-state index in [0.29, 0.717) is 5.02 Å². The van der Waals surface area contributed by atoms with E-state index in [1.807, 2.05) is 98.1 Å². The molecule has 1 atom stereocenters. The fourth-order valence-electron chi connectivity index (χ4n) is 6.94. The van der Waals surface area contributed by atoms with Crippen LogP contribution in [-0.2, 0) is 6.42 Å². The summed E-state index contributed by atoms with van der Waals surface area (Å²) in [5, 5.41) is 22.3. The summed E-state index contributed by atoms with van der Waals surface area (Å²) >= 11 is 6.43. The van der Waals surface area contributed by atoms with Crippen LogP contribution in [0.3, 0.4) is 0 Å². The van der Waals surface area contributed by atoms with Crippen LogP contribution in [0.15, 0.2) is 115 Å². The second-order valence-corrected chi connectivity index (χ2v) is 12.9. The molecule has 4 nitrogen and oxygen atoms in total. The molecule has 238 valence electrons.